The maximum Gasteiger partial charge on any atom is 0.253 e. The summed E-state index contributed by atoms with van der Waals surface area (Å²) >= 11 is 1.64. The molecule has 8 heteroatoms. The van der Waals surface area contributed by atoms with Gasteiger partial charge in [0.15, 0.2) is 0 Å². The van der Waals surface area contributed by atoms with Crippen LogP contribution in [0.2, 0.25) is 0 Å². The molecule has 0 radical (unpaired) electrons. The Labute approximate surface area is 177 Å². The number of hydrogen-bond acceptors (Lipinski definition) is 5. The molecule has 5 nitrogen and oxygen atoms in total. The zero-order valence-corrected chi connectivity index (χ0v) is 18.1. The van der Waals surface area contributed by atoms with Gasteiger partial charge in [-0.15, -0.1) is 24.8 Å². The number of amides is 1. The minimum absolute atomic E-state index is 0. The Morgan fingerprint density at radius 2 is 2.04 bits per heavy atom. The standard InChI is InChI=1S/C19H25N3O2S.2ClH/c1-14-16(3-4-17(22-14)15-5-10-25-11-15)18(23)21-12-19(13-24-2)6-8-20-9-7-19;;/h3-5,10-11,20H,6-9,12-13H2,1-2H3,(H,21,23);2*1H. The first-order valence-corrected chi connectivity index (χ1v) is 9.56. The van der Waals surface area contributed by atoms with E-state index in [1.165, 1.54) is 0 Å². The normalized spacial score (nSPS) is 15.3. The van der Waals surface area contributed by atoms with Crippen LogP contribution in [0.3, 0.4) is 0 Å². The Morgan fingerprint density at radius 3 is 2.63 bits per heavy atom. The Morgan fingerprint density at radius 1 is 1.30 bits per heavy atom. The van der Waals surface area contributed by atoms with Gasteiger partial charge in [0, 0.05) is 30.0 Å². The molecular formula is C19H27Cl2N3O2S. The molecule has 3 rings (SSSR count). The lowest BCUT2D eigenvalue weighted by molar-refractivity contribution is 0.0511. The van der Waals surface area contributed by atoms with Gasteiger partial charge in [0.2, 0.25) is 0 Å². The number of nitrogens with zero attached hydrogens (tertiary/aromatic N) is 1. The predicted octanol–water partition coefficient (Wildman–Crippen LogP) is 3.71. The minimum atomic E-state index is -0.0594. The fraction of sp³-hybridized carbons (Fsp3) is 0.474. The third-order valence-electron chi connectivity index (χ3n) is 4.89. The zero-order valence-electron chi connectivity index (χ0n) is 15.6. The minimum Gasteiger partial charge on any atom is -0.384 e. The van der Waals surface area contributed by atoms with E-state index in [1.54, 1.807) is 18.4 Å². The maximum atomic E-state index is 12.6. The van der Waals surface area contributed by atoms with Gasteiger partial charge in [-0.25, -0.2) is 0 Å². The second-order valence-corrected chi connectivity index (χ2v) is 7.49. The van der Waals surface area contributed by atoms with E-state index < -0.39 is 0 Å². The molecule has 2 aromatic heterocycles. The Kier molecular flexibility index (Phi) is 9.70. The predicted molar refractivity (Wildman–Crippen MR) is 116 cm³/mol. The Hall–Kier alpha value is -1.18. The molecule has 0 saturated carbocycles. The molecule has 0 bridgehead atoms. The maximum absolute atomic E-state index is 12.6. The molecule has 0 unspecified atom stereocenters. The summed E-state index contributed by atoms with van der Waals surface area (Å²) in [6, 6.07) is 5.83. The lowest BCUT2D eigenvalue weighted by atomic mass is 9.79. The molecule has 1 fully saturated rings. The summed E-state index contributed by atoms with van der Waals surface area (Å²) < 4.78 is 5.41. The SMILES string of the molecule is COCC1(CNC(=O)c2ccc(-c3ccsc3)nc2C)CCNCC1.Cl.Cl. The van der Waals surface area contributed by atoms with E-state index in [1.807, 2.05) is 30.5 Å². The van der Waals surface area contributed by atoms with Crippen LogP contribution in [0.4, 0.5) is 0 Å². The number of halogens is 2. The van der Waals surface area contributed by atoms with Crippen molar-refractivity contribution in [1.29, 1.82) is 0 Å². The Balaban J connectivity index is 0.00000182. The quantitative estimate of drug-likeness (QED) is 0.731. The summed E-state index contributed by atoms with van der Waals surface area (Å²) in [5.74, 6) is -0.0594. The molecule has 1 aliphatic heterocycles. The number of hydrogen-bond donors (Lipinski definition) is 2. The van der Waals surface area contributed by atoms with Crippen molar-refractivity contribution >= 4 is 42.1 Å². The van der Waals surface area contributed by atoms with Crippen LogP contribution in [0.25, 0.3) is 11.3 Å². The average Bonchev–Trinajstić information content (AvgIpc) is 3.15. The van der Waals surface area contributed by atoms with Gasteiger partial charge >= 0.3 is 0 Å². The van der Waals surface area contributed by atoms with Crippen molar-refractivity contribution in [3.8, 4) is 11.3 Å². The second-order valence-electron chi connectivity index (χ2n) is 6.71. The Bertz CT molecular complexity index is 714. The molecule has 1 aliphatic rings. The van der Waals surface area contributed by atoms with E-state index in [4.69, 9.17) is 4.74 Å². The van der Waals surface area contributed by atoms with E-state index >= 15 is 0 Å². The molecule has 0 aromatic carbocycles. The number of thiophene rings is 1. The highest BCUT2D eigenvalue weighted by atomic mass is 35.5. The van der Waals surface area contributed by atoms with Crippen LogP contribution in [0.15, 0.2) is 29.0 Å². The summed E-state index contributed by atoms with van der Waals surface area (Å²) in [5, 5.41) is 10.6. The van der Waals surface area contributed by atoms with Crippen LogP contribution < -0.4 is 10.6 Å². The van der Waals surface area contributed by atoms with Gasteiger partial charge in [0.05, 0.1) is 23.6 Å². The largest absolute Gasteiger partial charge is 0.384 e. The number of methoxy groups -OCH3 is 1. The summed E-state index contributed by atoms with van der Waals surface area (Å²) in [6.07, 6.45) is 2.02. The van der Waals surface area contributed by atoms with E-state index in [2.05, 4.69) is 21.0 Å². The van der Waals surface area contributed by atoms with Gasteiger partial charge in [-0.1, -0.05) is 0 Å². The number of rotatable bonds is 6. The van der Waals surface area contributed by atoms with Gasteiger partial charge in [0.1, 0.15) is 0 Å². The lowest BCUT2D eigenvalue weighted by Gasteiger charge is -2.37. The summed E-state index contributed by atoms with van der Waals surface area (Å²) in [4.78, 5) is 17.2. The number of nitrogens with one attached hydrogen (secondary N) is 2. The average molecular weight is 432 g/mol. The van der Waals surface area contributed by atoms with Crippen LogP contribution in [0.5, 0.6) is 0 Å². The van der Waals surface area contributed by atoms with Crippen LogP contribution in [-0.4, -0.2) is 44.2 Å². The monoisotopic (exact) mass is 431 g/mol. The summed E-state index contributed by atoms with van der Waals surface area (Å²) in [6.45, 7) is 5.13. The van der Waals surface area contributed by atoms with Gasteiger partial charge in [-0.05, 0) is 56.4 Å². The molecular weight excluding hydrogens is 405 g/mol. The van der Waals surface area contributed by atoms with Crippen molar-refractivity contribution in [2.24, 2.45) is 5.41 Å². The van der Waals surface area contributed by atoms with E-state index in [9.17, 15) is 4.79 Å². The highest BCUT2D eigenvalue weighted by Crippen LogP contribution is 2.28. The fourth-order valence-corrected chi connectivity index (χ4v) is 4.02. The molecule has 1 saturated heterocycles. The summed E-state index contributed by atoms with van der Waals surface area (Å²) in [7, 11) is 1.73. The molecule has 2 N–H and O–H groups in total. The van der Waals surface area contributed by atoms with Gasteiger partial charge in [-0.3, -0.25) is 9.78 Å². The molecule has 150 valence electrons. The topological polar surface area (TPSA) is 63.2 Å². The number of carbonyl (C=O) groups excluding carboxylic acids is 1. The molecule has 0 atom stereocenters. The van der Waals surface area contributed by atoms with Gasteiger partial charge in [0.25, 0.3) is 5.91 Å². The second kappa shape index (κ2) is 11.0. The number of carbonyl (C=O) groups is 1. The van der Waals surface area contributed by atoms with E-state index in [0.717, 1.165) is 42.9 Å². The first kappa shape index (κ1) is 23.9. The van der Waals surface area contributed by atoms with Crippen molar-refractivity contribution in [2.45, 2.75) is 19.8 Å². The van der Waals surface area contributed by atoms with Crippen LogP contribution in [0, 0.1) is 12.3 Å². The summed E-state index contributed by atoms with van der Waals surface area (Å²) in [5.41, 5.74) is 3.42. The first-order valence-electron chi connectivity index (χ1n) is 8.62. The fourth-order valence-electron chi connectivity index (χ4n) is 3.37. The van der Waals surface area contributed by atoms with Crippen molar-refractivity contribution < 1.29 is 9.53 Å². The number of piperidine rings is 1. The van der Waals surface area contributed by atoms with Crippen molar-refractivity contribution in [2.75, 3.05) is 33.4 Å². The van der Waals surface area contributed by atoms with Gasteiger partial charge < -0.3 is 15.4 Å². The van der Waals surface area contributed by atoms with Crippen molar-refractivity contribution in [3.05, 3.63) is 40.2 Å². The smallest absolute Gasteiger partial charge is 0.253 e. The van der Waals surface area contributed by atoms with Crippen LogP contribution in [0.1, 0.15) is 28.9 Å². The number of aromatic nitrogens is 1. The highest BCUT2D eigenvalue weighted by molar-refractivity contribution is 7.08. The molecule has 1 amide bonds. The van der Waals surface area contributed by atoms with Crippen LogP contribution in [-0.2, 0) is 4.74 Å². The number of pyridine rings is 1. The van der Waals surface area contributed by atoms with Crippen molar-refractivity contribution in [3.63, 3.8) is 0 Å². The van der Waals surface area contributed by atoms with Gasteiger partial charge in [-0.2, -0.15) is 11.3 Å². The molecule has 0 aliphatic carbocycles. The third-order valence-corrected chi connectivity index (χ3v) is 5.57. The number of aryl methyl sites for hydroxylation is 1. The van der Waals surface area contributed by atoms with Crippen molar-refractivity contribution in [1.82, 2.24) is 15.6 Å². The van der Waals surface area contributed by atoms with E-state index in [0.29, 0.717) is 18.7 Å². The molecule has 3 heterocycles. The third kappa shape index (κ3) is 5.90. The highest BCUT2D eigenvalue weighted by Gasteiger charge is 2.32. The molecule has 2 aromatic rings. The van der Waals surface area contributed by atoms with E-state index in [-0.39, 0.29) is 36.1 Å². The molecule has 27 heavy (non-hydrogen) atoms. The first-order chi connectivity index (χ1) is 12.1. The molecule has 0 spiro atoms. The lowest BCUT2D eigenvalue weighted by Crippen LogP contribution is -2.47. The van der Waals surface area contributed by atoms with Crippen LogP contribution >= 0.6 is 36.2 Å². The number of ether oxygens (including phenoxy) is 1. The zero-order chi connectivity index (χ0) is 17.7.